The zero-order chi connectivity index (χ0) is 23.1. The highest BCUT2D eigenvalue weighted by Gasteiger charge is 2.52. The van der Waals surface area contributed by atoms with E-state index in [4.69, 9.17) is 4.74 Å². The van der Waals surface area contributed by atoms with Crippen LogP contribution in [-0.4, -0.2) is 41.1 Å². The van der Waals surface area contributed by atoms with Crippen molar-refractivity contribution in [1.82, 2.24) is 9.88 Å². The van der Waals surface area contributed by atoms with E-state index in [1.807, 2.05) is 24.4 Å². The number of hydrogen-bond donors (Lipinski definition) is 0. The summed E-state index contributed by atoms with van der Waals surface area (Å²) in [5.74, 6) is 0.395. The number of amides is 1. The Labute approximate surface area is 200 Å². The molecule has 0 radical (unpaired) electrons. The molecule has 2 unspecified atom stereocenters. The molecule has 5 heteroatoms. The molecule has 2 atom stereocenters. The molecule has 1 amide bonds. The second-order valence-electron chi connectivity index (χ2n) is 10.3. The number of benzene rings is 2. The van der Waals surface area contributed by atoms with Crippen LogP contribution in [0.5, 0.6) is 0 Å². The fourth-order valence-electron chi connectivity index (χ4n) is 6.76. The fourth-order valence-corrected chi connectivity index (χ4v) is 6.76. The van der Waals surface area contributed by atoms with Crippen LogP contribution in [0.1, 0.15) is 49.7 Å². The van der Waals surface area contributed by atoms with Gasteiger partial charge in [0.1, 0.15) is 5.82 Å². The minimum atomic E-state index is -0.806. The molecule has 2 bridgehead atoms. The van der Waals surface area contributed by atoms with Crippen LogP contribution in [0.25, 0.3) is 10.9 Å². The van der Waals surface area contributed by atoms with Crippen molar-refractivity contribution in [1.29, 1.82) is 0 Å². The molecule has 4 heterocycles. The van der Waals surface area contributed by atoms with E-state index >= 15 is 0 Å². The first-order valence-corrected chi connectivity index (χ1v) is 12.6. The molecule has 3 fully saturated rings. The quantitative estimate of drug-likeness (QED) is 0.523. The van der Waals surface area contributed by atoms with E-state index in [-0.39, 0.29) is 23.8 Å². The summed E-state index contributed by atoms with van der Waals surface area (Å²) in [4.78, 5) is 21.0. The molecule has 34 heavy (non-hydrogen) atoms. The van der Waals surface area contributed by atoms with Gasteiger partial charge in [0, 0.05) is 42.4 Å². The average Bonchev–Trinajstić information content (AvgIpc) is 3.14. The second kappa shape index (κ2) is 8.77. The predicted molar refractivity (Wildman–Crippen MR) is 130 cm³/mol. The highest BCUT2D eigenvalue weighted by atomic mass is 19.1. The summed E-state index contributed by atoms with van der Waals surface area (Å²) in [6.45, 7) is 1.00. The highest BCUT2D eigenvalue weighted by Crippen LogP contribution is 2.45. The summed E-state index contributed by atoms with van der Waals surface area (Å²) in [6.07, 6.45) is 8.23. The van der Waals surface area contributed by atoms with Gasteiger partial charge in [0.2, 0.25) is 5.91 Å². The van der Waals surface area contributed by atoms with Gasteiger partial charge in [-0.05, 0) is 74.6 Å². The zero-order valence-electron chi connectivity index (χ0n) is 19.5. The van der Waals surface area contributed by atoms with Gasteiger partial charge in [-0.15, -0.1) is 0 Å². The summed E-state index contributed by atoms with van der Waals surface area (Å²) in [6, 6.07) is 17.8. The van der Waals surface area contributed by atoms with E-state index in [1.165, 1.54) is 17.0 Å². The molecule has 4 nitrogen and oxygen atoms in total. The summed E-state index contributed by atoms with van der Waals surface area (Å²) in [7, 11) is 0. The van der Waals surface area contributed by atoms with E-state index < -0.39 is 5.41 Å². The lowest BCUT2D eigenvalue weighted by atomic mass is 9.71. The monoisotopic (exact) mass is 458 g/mol. The Balaban J connectivity index is 1.23. The van der Waals surface area contributed by atoms with Crippen LogP contribution >= 0.6 is 0 Å². The number of para-hydroxylation sites is 1. The van der Waals surface area contributed by atoms with E-state index in [9.17, 15) is 9.18 Å². The lowest BCUT2D eigenvalue weighted by Crippen LogP contribution is -2.56. The van der Waals surface area contributed by atoms with Crippen molar-refractivity contribution in [2.45, 2.75) is 62.4 Å². The largest absolute Gasteiger partial charge is 0.381 e. The third kappa shape index (κ3) is 3.70. The number of pyridine rings is 1. The van der Waals surface area contributed by atoms with Crippen molar-refractivity contribution in [2.24, 2.45) is 5.92 Å². The summed E-state index contributed by atoms with van der Waals surface area (Å²) >= 11 is 0. The molecule has 0 spiro atoms. The van der Waals surface area contributed by atoms with Gasteiger partial charge in [-0.1, -0.05) is 36.4 Å². The smallest absolute Gasteiger partial charge is 0.234 e. The second-order valence-corrected chi connectivity index (χ2v) is 10.3. The topological polar surface area (TPSA) is 42.4 Å². The van der Waals surface area contributed by atoms with Gasteiger partial charge in [-0.25, -0.2) is 4.39 Å². The number of carbonyl (C=O) groups excluding carboxylic acids is 1. The third-order valence-corrected chi connectivity index (χ3v) is 8.38. The summed E-state index contributed by atoms with van der Waals surface area (Å²) in [5.41, 5.74) is 2.04. The minimum absolute atomic E-state index is 0.124. The molecule has 176 valence electrons. The Hall–Kier alpha value is -2.79. The Morgan fingerprint density at radius 2 is 1.74 bits per heavy atom. The van der Waals surface area contributed by atoms with Crippen LogP contribution in [-0.2, 0) is 21.4 Å². The van der Waals surface area contributed by atoms with Crippen molar-refractivity contribution >= 4 is 16.8 Å². The number of ether oxygens (including phenoxy) is 1. The van der Waals surface area contributed by atoms with Crippen LogP contribution in [0.3, 0.4) is 0 Å². The predicted octanol–water partition coefficient (Wildman–Crippen LogP) is 5.43. The maximum Gasteiger partial charge on any atom is 0.234 e. The molecular formula is C29H31FN2O2. The van der Waals surface area contributed by atoms with Crippen molar-refractivity contribution in [3.63, 3.8) is 0 Å². The molecule has 0 aliphatic carbocycles. The molecule has 3 aliphatic heterocycles. The summed E-state index contributed by atoms with van der Waals surface area (Å²) < 4.78 is 20.6. The standard InChI is InChI=1S/C29H31FN2O2/c30-26-7-3-2-6-25(26)29(11-13-34-14-12-29)28(33)32-23-9-10-24(32)18-20(17-23)15-21-16-22-5-1-4-8-27(22)31-19-21/h1-8,16,19-20,23-24H,9-15,17-18H2. The number of fused-ring (bicyclic) bond motifs is 3. The van der Waals surface area contributed by atoms with E-state index in [0.29, 0.717) is 37.5 Å². The maximum absolute atomic E-state index is 15.0. The van der Waals surface area contributed by atoms with Crippen molar-refractivity contribution < 1.29 is 13.9 Å². The zero-order valence-corrected chi connectivity index (χ0v) is 19.5. The molecule has 2 aromatic carbocycles. The molecule has 6 rings (SSSR count). The van der Waals surface area contributed by atoms with Crippen LogP contribution < -0.4 is 0 Å². The fraction of sp³-hybridized carbons (Fsp3) is 0.448. The van der Waals surface area contributed by atoms with Gasteiger partial charge in [-0.3, -0.25) is 9.78 Å². The average molecular weight is 459 g/mol. The van der Waals surface area contributed by atoms with E-state index in [1.54, 1.807) is 12.1 Å². The Morgan fingerprint density at radius 1 is 1.03 bits per heavy atom. The van der Waals surface area contributed by atoms with Crippen molar-refractivity contribution in [3.8, 4) is 0 Å². The molecule has 0 saturated carbocycles. The van der Waals surface area contributed by atoms with E-state index in [0.717, 1.165) is 37.6 Å². The molecule has 1 aromatic heterocycles. The molecule has 0 N–H and O–H groups in total. The minimum Gasteiger partial charge on any atom is -0.381 e. The Kier molecular flexibility index (Phi) is 5.60. The molecule has 3 aliphatic rings. The Bertz CT molecular complexity index is 1190. The first-order chi connectivity index (χ1) is 16.6. The van der Waals surface area contributed by atoms with Crippen LogP contribution in [0.4, 0.5) is 4.39 Å². The highest BCUT2D eigenvalue weighted by molar-refractivity contribution is 5.89. The number of carbonyl (C=O) groups is 1. The first kappa shape index (κ1) is 21.7. The number of nitrogens with zero attached hydrogens (tertiary/aromatic N) is 2. The molecular weight excluding hydrogens is 427 g/mol. The van der Waals surface area contributed by atoms with Gasteiger partial charge in [0.05, 0.1) is 10.9 Å². The van der Waals surface area contributed by atoms with Gasteiger partial charge < -0.3 is 9.64 Å². The van der Waals surface area contributed by atoms with Gasteiger partial charge in [-0.2, -0.15) is 0 Å². The van der Waals surface area contributed by atoms with Gasteiger partial charge >= 0.3 is 0 Å². The molecule has 3 saturated heterocycles. The van der Waals surface area contributed by atoms with Crippen LogP contribution in [0.2, 0.25) is 0 Å². The Morgan fingerprint density at radius 3 is 2.50 bits per heavy atom. The van der Waals surface area contributed by atoms with Crippen LogP contribution in [0.15, 0.2) is 60.8 Å². The van der Waals surface area contributed by atoms with Crippen molar-refractivity contribution in [2.75, 3.05) is 13.2 Å². The van der Waals surface area contributed by atoms with Crippen LogP contribution in [0, 0.1) is 11.7 Å². The third-order valence-electron chi connectivity index (χ3n) is 8.38. The number of aromatic nitrogens is 1. The number of halogens is 1. The lowest BCUT2D eigenvalue weighted by molar-refractivity contribution is -0.147. The molecule has 3 aromatic rings. The van der Waals surface area contributed by atoms with E-state index in [2.05, 4.69) is 28.1 Å². The summed E-state index contributed by atoms with van der Waals surface area (Å²) in [5, 5.41) is 1.18. The number of hydrogen-bond acceptors (Lipinski definition) is 3. The lowest BCUT2D eigenvalue weighted by Gasteiger charge is -2.46. The number of piperidine rings is 1. The SMILES string of the molecule is O=C(N1C2CCC1CC(Cc1cnc3ccccc3c1)C2)C1(c2ccccc2F)CCOCC1. The maximum atomic E-state index is 15.0. The first-order valence-electron chi connectivity index (χ1n) is 12.6. The van der Waals surface area contributed by atoms with Gasteiger partial charge in [0.25, 0.3) is 0 Å². The normalized spacial score (nSPS) is 26.0. The number of rotatable bonds is 4. The van der Waals surface area contributed by atoms with Gasteiger partial charge in [0.15, 0.2) is 0 Å². The van der Waals surface area contributed by atoms with Crippen molar-refractivity contribution in [3.05, 3.63) is 77.7 Å².